The summed E-state index contributed by atoms with van der Waals surface area (Å²) in [7, 11) is 1.78. The molecule has 16 heavy (non-hydrogen) atoms. The number of alkyl halides is 1. The fourth-order valence-corrected chi connectivity index (χ4v) is 1.93. The third-order valence-electron chi connectivity index (χ3n) is 2.93. The number of aryl methyl sites for hydroxylation is 1. The summed E-state index contributed by atoms with van der Waals surface area (Å²) in [5, 5.41) is 7.02. The molecular formula is C11H18ClN3O. The molecule has 0 spiro atoms. The average Bonchev–Trinajstić information content (AvgIpc) is 2.73. The molecule has 0 aliphatic rings. The number of halogens is 1. The maximum Gasteiger partial charge on any atom is 0.272 e. The van der Waals surface area contributed by atoms with Gasteiger partial charge in [-0.05, 0) is 18.9 Å². The van der Waals surface area contributed by atoms with E-state index in [1.54, 1.807) is 24.0 Å². The van der Waals surface area contributed by atoms with E-state index in [9.17, 15) is 4.79 Å². The van der Waals surface area contributed by atoms with E-state index in [0.717, 1.165) is 12.8 Å². The van der Waals surface area contributed by atoms with Crippen LogP contribution in [0.3, 0.4) is 0 Å². The van der Waals surface area contributed by atoms with Crippen LogP contribution in [0.4, 0.5) is 0 Å². The minimum atomic E-state index is -0.323. The summed E-state index contributed by atoms with van der Waals surface area (Å²) in [5.74, 6) is 0.253. The van der Waals surface area contributed by atoms with Crippen molar-refractivity contribution in [1.82, 2.24) is 15.1 Å². The highest BCUT2D eigenvalue weighted by Crippen LogP contribution is 2.17. The van der Waals surface area contributed by atoms with E-state index in [4.69, 9.17) is 11.6 Å². The molecule has 0 aliphatic carbocycles. The Labute approximate surface area is 101 Å². The Morgan fingerprint density at radius 1 is 1.56 bits per heavy atom. The highest BCUT2D eigenvalue weighted by molar-refractivity contribution is 6.18. The molecule has 1 aromatic rings. The van der Waals surface area contributed by atoms with Crippen molar-refractivity contribution < 1.29 is 4.79 Å². The number of hydrogen-bond donors (Lipinski definition) is 1. The minimum Gasteiger partial charge on any atom is -0.344 e. The van der Waals surface area contributed by atoms with Crippen LogP contribution in [0.2, 0.25) is 0 Å². The van der Waals surface area contributed by atoms with Crippen LogP contribution in [-0.4, -0.2) is 27.1 Å². The smallest absolute Gasteiger partial charge is 0.272 e. The maximum atomic E-state index is 11.9. The summed E-state index contributed by atoms with van der Waals surface area (Å²) in [4.78, 5) is 11.9. The Bertz CT molecular complexity index is 350. The zero-order valence-electron chi connectivity index (χ0n) is 9.96. The quantitative estimate of drug-likeness (QED) is 0.804. The number of nitrogens with zero attached hydrogens (tertiary/aromatic N) is 2. The Kier molecular flexibility index (Phi) is 4.35. The first-order chi connectivity index (χ1) is 7.56. The molecule has 0 saturated heterocycles. The van der Waals surface area contributed by atoms with E-state index in [1.165, 1.54) is 0 Å². The van der Waals surface area contributed by atoms with Crippen molar-refractivity contribution in [3.8, 4) is 0 Å². The summed E-state index contributed by atoms with van der Waals surface area (Å²) >= 11 is 5.92. The Morgan fingerprint density at radius 3 is 2.56 bits per heavy atom. The summed E-state index contributed by atoms with van der Waals surface area (Å²) in [6, 6.07) is 1.69. The van der Waals surface area contributed by atoms with Gasteiger partial charge in [-0.25, -0.2) is 0 Å². The SMILES string of the molecule is CCC(CC)(CCl)NC(=O)c1ccn(C)n1. The fraction of sp³-hybridized carbons (Fsp3) is 0.636. The standard InChI is InChI=1S/C11H18ClN3O/c1-4-11(5-2,8-12)13-10(16)9-6-7-15(3)14-9/h6-7H,4-5,8H2,1-3H3,(H,13,16). The van der Waals surface area contributed by atoms with Gasteiger partial charge in [-0.15, -0.1) is 11.6 Å². The molecule has 0 atom stereocenters. The van der Waals surface area contributed by atoms with Gasteiger partial charge in [-0.2, -0.15) is 5.10 Å². The normalized spacial score (nSPS) is 11.5. The number of hydrogen-bond acceptors (Lipinski definition) is 2. The van der Waals surface area contributed by atoms with Crippen molar-refractivity contribution in [2.24, 2.45) is 7.05 Å². The van der Waals surface area contributed by atoms with Crippen LogP contribution in [-0.2, 0) is 7.05 Å². The lowest BCUT2D eigenvalue weighted by molar-refractivity contribution is 0.0896. The molecule has 90 valence electrons. The molecule has 0 fully saturated rings. The molecule has 0 saturated carbocycles. The topological polar surface area (TPSA) is 46.9 Å². The van der Waals surface area contributed by atoms with Crippen molar-refractivity contribution in [3.63, 3.8) is 0 Å². The number of aromatic nitrogens is 2. The first kappa shape index (κ1) is 13.0. The van der Waals surface area contributed by atoms with Gasteiger partial charge in [0.15, 0.2) is 0 Å². The molecule has 5 heteroatoms. The van der Waals surface area contributed by atoms with Gasteiger partial charge >= 0.3 is 0 Å². The molecule has 1 heterocycles. The monoisotopic (exact) mass is 243 g/mol. The molecule has 0 unspecified atom stereocenters. The van der Waals surface area contributed by atoms with E-state index in [2.05, 4.69) is 10.4 Å². The molecule has 0 aromatic carbocycles. The summed E-state index contributed by atoms with van der Waals surface area (Å²) < 4.78 is 1.61. The lowest BCUT2D eigenvalue weighted by atomic mass is 9.95. The number of carbonyl (C=O) groups excluding carboxylic acids is 1. The molecule has 0 radical (unpaired) electrons. The highest BCUT2D eigenvalue weighted by atomic mass is 35.5. The van der Waals surface area contributed by atoms with Crippen LogP contribution in [0, 0.1) is 0 Å². The van der Waals surface area contributed by atoms with Crippen molar-refractivity contribution in [2.75, 3.05) is 5.88 Å². The molecular weight excluding hydrogens is 226 g/mol. The second-order valence-electron chi connectivity index (χ2n) is 3.95. The van der Waals surface area contributed by atoms with Gasteiger partial charge < -0.3 is 5.32 Å². The van der Waals surface area contributed by atoms with Crippen LogP contribution in [0.15, 0.2) is 12.3 Å². The summed E-state index contributed by atoms with van der Waals surface area (Å²) in [5.41, 5.74) is 0.106. The van der Waals surface area contributed by atoms with E-state index in [0.29, 0.717) is 11.6 Å². The maximum absolute atomic E-state index is 11.9. The molecule has 0 bridgehead atoms. The Morgan fingerprint density at radius 2 is 2.19 bits per heavy atom. The molecule has 1 aromatic heterocycles. The van der Waals surface area contributed by atoms with Gasteiger partial charge in [-0.3, -0.25) is 9.48 Å². The van der Waals surface area contributed by atoms with E-state index >= 15 is 0 Å². The van der Waals surface area contributed by atoms with Gasteiger partial charge in [-0.1, -0.05) is 13.8 Å². The second kappa shape index (κ2) is 5.34. The van der Waals surface area contributed by atoms with Crippen molar-refractivity contribution in [1.29, 1.82) is 0 Å². The lowest BCUT2D eigenvalue weighted by Crippen LogP contribution is -2.49. The average molecular weight is 244 g/mol. The van der Waals surface area contributed by atoms with Crippen molar-refractivity contribution in [3.05, 3.63) is 18.0 Å². The van der Waals surface area contributed by atoms with Gasteiger partial charge in [0.25, 0.3) is 5.91 Å². The first-order valence-electron chi connectivity index (χ1n) is 5.45. The zero-order valence-corrected chi connectivity index (χ0v) is 10.7. The summed E-state index contributed by atoms with van der Waals surface area (Å²) in [6.45, 7) is 4.04. The van der Waals surface area contributed by atoms with E-state index in [-0.39, 0.29) is 11.4 Å². The van der Waals surface area contributed by atoms with Gasteiger partial charge in [0.2, 0.25) is 0 Å². The van der Waals surface area contributed by atoms with Crippen molar-refractivity contribution >= 4 is 17.5 Å². The largest absolute Gasteiger partial charge is 0.344 e. The number of carbonyl (C=O) groups is 1. The first-order valence-corrected chi connectivity index (χ1v) is 5.98. The molecule has 4 nitrogen and oxygen atoms in total. The Hall–Kier alpha value is -1.03. The third-order valence-corrected chi connectivity index (χ3v) is 3.45. The van der Waals surface area contributed by atoms with Gasteiger partial charge in [0.1, 0.15) is 5.69 Å². The fourth-order valence-electron chi connectivity index (χ4n) is 1.49. The van der Waals surface area contributed by atoms with Crippen LogP contribution < -0.4 is 5.32 Å². The van der Waals surface area contributed by atoms with Crippen LogP contribution in [0.5, 0.6) is 0 Å². The summed E-state index contributed by atoms with van der Waals surface area (Å²) in [6.07, 6.45) is 3.37. The minimum absolute atomic E-state index is 0.162. The number of amides is 1. The number of nitrogens with one attached hydrogen (secondary N) is 1. The van der Waals surface area contributed by atoms with Crippen LogP contribution in [0.1, 0.15) is 37.2 Å². The molecule has 0 aliphatic heterocycles. The van der Waals surface area contributed by atoms with Gasteiger partial charge in [0.05, 0.1) is 5.54 Å². The predicted octanol–water partition coefficient (Wildman–Crippen LogP) is 1.95. The van der Waals surface area contributed by atoms with Gasteiger partial charge in [0, 0.05) is 19.1 Å². The molecule has 1 amide bonds. The van der Waals surface area contributed by atoms with Crippen LogP contribution in [0.25, 0.3) is 0 Å². The predicted molar refractivity (Wildman–Crippen MR) is 64.7 cm³/mol. The van der Waals surface area contributed by atoms with Crippen molar-refractivity contribution in [2.45, 2.75) is 32.2 Å². The van der Waals surface area contributed by atoms with E-state index in [1.807, 2.05) is 13.8 Å². The Balaban J connectivity index is 2.76. The third kappa shape index (κ3) is 2.76. The lowest BCUT2D eigenvalue weighted by Gasteiger charge is -2.30. The zero-order chi connectivity index (χ0) is 12.2. The van der Waals surface area contributed by atoms with Crippen LogP contribution >= 0.6 is 11.6 Å². The molecule has 1 rings (SSSR count). The molecule has 1 N–H and O–H groups in total. The number of rotatable bonds is 5. The second-order valence-corrected chi connectivity index (χ2v) is 4.22. The van der Waals surface area contributed by atoms with E-state index < -0.39 is 0 Å². The highest BCUT2D eigenvalue weighted by Gasteiger charge is 2.28.